The van der Waals surface area contributed by atoms with Crippen molar-refractivity contribution < 1.29 is 9.53 Å². The molecule has 0 radical (unpaired) electrons. The summed E-state index contributed by atoms with van der Waals surface area (Å²) in [6.07, 6.45) is 9.65. The summed E-state index contributed by atoms with van der Waals surface area (Å²) in [4.78, 5) is 18.0. The highest BCUT2D eigenvalue weighted by molar-refractivity contribution is 6.42. The van der Waals surface area contributed by atoms with E-state index in [-0.39, 0.29) is 17.6 Å². The predicted octanol–water partition coefficient (Wildman–Crippen LogP) is 4.95. The van der Waals surface area contributed by atoms with Gasteiger partial charge in [-0.25, -0.2) is 0 Å². The van der Waals surface area contributed by atoms with Crippen LogP contribution < -0.4 is 0 Å². The lowest BCUT2D eigenvalue weighted by Gasteiger charge is -2.47. The molecule has 3 atom stereocenters. The van der Waals surface area contributed by atoms with Gasteiger partial charge in [0.2, 0.25) is 5.91 Å². The molecule has 160 valence electrons. The van der Waals surface area contributed by atoms with Crippen LogP contribution in [0.4, 0.5) is 0 Å². The molecule has 1 saturated carbocycles. The zero-order valence-electron chi connectivity index (χ0n) is 17.3. The lowest BCUT2D eigenvalue weighted by atomic mass is 9.82. The quantitative estimate of drug-likeness (QED) is 0.666. The number of carbonyl (C=O) groups excluding carboxylic acids is 1. The molecule has 3 fully saturated rings. The maximum atomic E-state index is 13.4. The molecule has 0 bridgehead atoms. The Labute approximate surface area is 184 Å². The second kappa shape index (κ2) is 9.13. The van der Waals surface area contributed by atoms with Crippen LogP contribution in [0.25, 0.3) is 0 Å². The largest absolute Gasteiger partial charge is 0.373 e. The van der Waals surface area contributed by atoms with Gasteiger partial charge in [0, 0.05) is 19.7 Å². The van der Waals surface area contributed by atoms with Crippen molar-refractivity contribution in [3.05, 3.63) is 33.8 Å². The summed E-state index contributed by atoms with van der Waals surface area (Å²) in [7, 11) is 1.99. The maximum absolute atomic E-state index is 13.4. The van der Waals surface area contributed by atoms with E-state index in [0.29, 0.717) is 22.5 Å². The fourth-order valence-corrected chi connectivity index (χ4v) is 6.07. The van der Waals surface area contributed by atoms with Crippen LogP contribution in [-0.4, -0.2) is 60.1 Å². The van der Waals surface area contributed by atoms with Crippen molar-refractivity contribution in [2.75, 3.05) is 26.7 Å². The molecule has 1 aliphatic carbocycles. The lowest BCUT2D eigenvalue weighted by Crippen LogP contribution is -2.62. The van der Waals surface area contributed by atoms with Crippen molar-refractivity contribution in [3.63, 3.8) is 0 Å². The Balaban J connectivity index is 1.60. The molecule has 2 aliphatic heterocycles. The molecule has 4 rings (SSSR count). The average Bonchev–Trinajstić information content (AvgIpc) is 3.36. The second-order valence-electron chi connectivity index (χ2n) is 8.95. The highest BCUT2D eigenvalue weighted by atomic mass is 35.5. The third-order valence-electron chi connectivity index (χ3n) is 7.15. The van der Waals surface area contributed by atoms with Crippen molar-refractivity contribution in [3.8, 4) is 0 Å². The van der Waals surface area contributed by atoms with Gasteiger partial charge in [-0.2, -0.15) is 0 Å². The Kier molecular flexibility index (Phi) is 6.75. The van der Waals surface area contributed by atoms with Crippen molar-refractivity contribution >= 4 is 29.1 Å². The van der Waals surface area contributed by atoms with Crippen LogP contribution in [0.5, 0.6) is 0 Å². The molecule has 4 nitrogen and oxygen atoms in total. The smallest absolute Gasteiger partial charge is 0.227 e. The molecule has 29 heavy (non-hydrogen) atoms. The third-order valence-corrected chi connectivity index (χ3v) is 7.89. The van der Waals surface area contributed by atoms with E-state index >= 15 is 0 Å². The summed E-state index contributed by atoms with van der Waals surface area (Å²) in [5, 5.41) is 1.02. The van der Waals surface area contributed by atoms with Crippen molar-refractivity contribution in [1.29, 1.82) is 0 Å². The van der Waals surface area contributed by atoms with Crippen molar-refractivity contribution in [2.45, 2.75) is 75.5 Å². The van der Waals surface area contributed by atoms with Gasteiger partial charge in [-0.15, -0.1) is 0 Å². The first-order chi connectivity index (χ1) is 14.0. The first-order valence-electron chi connectivity index (χ1n) is 11.1. The first-order valence-corrected chi connectivity index (χ1v) is 11.8. The van der Waals surface area contributed by atoms with Crippen molar-refractivity contribution in [1.82, 2.24) is 9.80 Å². The van der Waals surface area contributed by atoms with E-state index < -0.39 is 0 Å². The van der Waals surface area contributed by atoms with E-state index in [4.69, 9.17) is 27.9 Å². The number of amides is 1. The van der Waals surface area contributed by atoms with Crippen LogP contribution in [0, 0.1) is 0 Å². The number of hydrogen-bond acceptors (Lipinski definition) is 3. The van der Waals surface area contributed by atoms with Crippen LogP contribution in [0.2, 0.25) is 10.0 Å². The number of rotatable bonds is 4. The number of halogens is 2. The summed E-state index contributed by atoms with van der Waals surface area (Å²) >= 11 is 12.2. The minimum absolute atomic E-state index is 0.112. The minimum atomic E-state index is -0.189. The molecule has 3 aliphatic rings. The summed E-state index contributed by atoms with van der Waals surface area (Å²) in [5.74, 6) is 0.134. The average molecular weight is 439 g/mol. The number of carbonyl (C=O) groups is 1. The maximum Gasteiger partial charge on any atom is 0.227 e. The number of benzene rings is 1. The van der Waals surface area contributed by atoms with Gasteiger partial charge in [0.1, 0.15) is 0 Å². The number of likely N-dealkylation sites (tertiary alicyclic amines) is 1. The van der Waals surface area contributed by atoms with Gasteiger partial charge in [-0.1, -0.05) is 42.1 Å². The van der Waals surface area contributed by atoms with Gasteiger partial charge in [0.25, 0.3) is 0 Å². The third kappa shape index (κ3) is 4.46. The number of hydrogen-bond donors (Lipinski definition) is 0. The monoisotopic (exact) mass is 438 g/mol. The van der Waals surface area contributed by atoms with Crippen LogP contribution >= 0.6 is 23.2 Å². The van der Waals surface area contributed by atoms with Crippen LogP contribution in [-0.2, 0) is 16.0 Å². The van der Waals surface area contributed by atoms with Gasteiger partial charge < -0.3 is 9.64 Å². The topological polar surface area (TPSA) is 32.8 Å². The van der Waals surface area contributed by atoms with E-state index in [0.717, 1.165) is 50.9 Å². The van der Waals surface area contributed by atoms with E-state index in [1.54, 1.807) is 6.07 Å². The Morgan fingerprint density at radius 1 is 1.14 bits per heavy atom. The Bertz CT molecular complexity index is 730. The van der Waals surface area contributed by atoms with Crippen molar-refractivity contribution in [2.24, 2.45) is 0 Å². The number of likely N-dealkylation sites (N-methyl/N-ethyl adjacent to an activating group) is 1. The molecule has 0 aromatic heterocycles. The summed E-state index contributed by atoms with van der Waals surface area (Å²) < 4.78 is 6.46. The zero-order valence-corrected chi connectivity index (χ0v) is 18.9. The Hall–Kier alpha value is -0.810. The molecule has 0 N–H and O–H groups in total. The molecule has 1 aromatic rings. The molecule has 3 unspecified atom stereocenters. The lowest BCUT2D eigenvalue weighted by molar-refractivity contribution is -0.144. The zero-order chi connectivity index (χ0) is 20.4. The molecule has 2 saturated heterocycles. The second-order valence-corrected chi connectivity index (χ2v) is 9.76. The minimum Gasteiger partial charge on any atom is -0.373 e. The van der Waals surface area contributed by atoms with Gasteiger partial charge in [-0.05, 0) is 69.3 Å². The molecule has 1 amide bonds. The number of nitrogens with zero attached hydrogens (tertiary/aromatic N) is 2. The fraction of sp³-hybridized carbons (Fsp3) is 0.696. The van der Waals surface area contributed by atoms with Gasteiger partial charge in [0.05, 0.1) is 28.1 Å². The van der Waals surface area contributed by atoms with Gasteiger partial charge >= 0.3 is 0 Å². The van der Waals surface area contributed by atoms with E-state index in [1.165, 1.54) is 25.7 Å². The SMILES string of the molecule is CN(C(=O)Cc1ccc(Cl)c(Cl)c1)C1C(N2CCCC2)CCCCC12CCCO2. The number of ether oxygens (including phenoxy) is 1. The normalized spacial score (nSPS) is 30.6. The van der Waals surface area contributed by atoms with Crippen LogP contribution in [0.1, 0.15) is 56.9 Å². The molecule has 6 heteroatoms. The van der Waals surface area contributed by atoms with Crippen LogP contribution in [0.3, 0.4) is 0 Å². The predicted molar refractivity (Wildman–Crippen MR) is 118 cm³/mol. The molecule has 1 spiro atoms. The molecule has 1 aromatic carbocycles. The molecular formula is C23H32Cl2N2O2. The molecule has 2 heterocycles. The molecular weight excluding hydrogens is 407 g/mol. The Morgan fingerprint density at radius 2 is 1.90 bits per heavy atom. The summed E-state index contributed by atoms with van der Waals surface area (Å²) in [6.45, 7) is 3.11. The highest BCUT2D eigenvalue weighted by Crippen LogP contribution is 2.43. The van der Waals surface area contributed by atoms with Gasteiger partial charge in [-0.3, -0.25) is 9.69 Å². The standard InChI is InChI=1S/C23H32Cl2N2O2/c1-26(21(28)16-17-8-9-18(24)19(25)15-17)22-20(27-12-4-5-13-27)7-2-3-10-23(22)11-6-14-29-23/h8-9,15,20,22H,2-7,10-14,16H2,1H3. The summed E-state index contributed by atoms with van der Waals surface area (Å²) in [6, 6.07) is 5.98. The van der Waals surface area contributed by atoms with Crippen LogP contribution in [0.15, 0.2) is 18.2 Å². The van der Waals surface area contributed by atoms with Gasteiger partial charge in [0.15, 0.2) is 0 Å². The van der Waals surface area contributed by atoms with E-state index in [2.05, 4.69) is 4.90 Å². The highest BCUT2D eigenvalue weighted by Gasteiger charge is 2.51. The summed E-state index contributed by atoms with van der Waals surface area (Å²) in [5.41, 5.74) is 0.718. The van der Waals surface area contributed by atoms with E-state index in [1.807, 2.05) is 24.1 Å². The fourth-order valence-electron chi connectivity index (χ4n) is 5.75. The van der Waals surface area contributed by atoms with E-state index in [9.17, 15) is 4.79 Å². The Morgan fingerprint density at radius 3 is 2.59 bits per heavy atom. The first kappa shape index (κ1) is 21.4.